The molecule has 108 valence electrons. The third-order valence-corrected chi connectivity index (χ3v) is 3.50. The van der Waals surface area contributed by atoms with Crippen LogP contribution in [-0.4, -0.2) is 25.6 Å². The molecule has 2 rings (SSSR count). The molecule has 1 amide bonds. The van der Waals surface area contributed by atoms with E-state index in [4.69, 9.17) is 10.5 Å². The molecule has 0 aliphatic carbocycles. The van der Waals surface area contributed by atoms with Crippen molar-refractivity contribution in [1.29, 1.82) is 0 Å². The highest BCUT2D eigenvalue weighted by atomic mass is 19.1. The summed E-state index contributed by atoms with van der Waals surface area (Å²) in [5.41, 5.74) is 7.21. The maximum absolute atomic E-state index is 12.4. The number of amides is 1. The van der Waals surface area contributed by atoms with E-state index in [0.29, 0.717) is 29.8 Å². The first-order valence-electron chi connectivity index (χ1n) is 6.51. The largest absolute Gasteiger partial charge is 0.489 e. The summed E-state index contributed by atoms with van der Waals surface area (Å²) in [7, 11) is 0. The van der Waals surface area contributed by atoms with E-state index in [1.165, 1.54) is 0 Å². The topological polar surface area (TPSA) is 64.3 Å². The van der Waals surface area contributed by atoms with Crippen LogP contribution < -0.4 is 15.8 Å². The predicted molar refractivity (Wildman–Crippen MR) is 75.5 cm³/mol. The third kappa shape index (κ3) is 2.82. The fourth-order valence-electron chi connectivity index (χ4n) is 2.17. The van der Waals surface area contributed by atoms with Crippen molar-refractivity contribution in [1.82, 2.24) is 5.32 Å². The zero-order chi connectivity index (χ0) is 14.8. The van der Waals surface area contributed by atoms with Crippen molar-refractivity contribution >= 4 is 5.91 Å². The smallest absolute Gasteiger partial charge is 0.251 e. The highest BCUT2D eigenvalue weighted by molar-refractivity contribution is 5.97. The highest BCUT2D eigenvalue weighted by Crippen LogP contribution is 2.32. The minimum absolute atomic E-state index is 0.0721. The Morgan fingerprint density at radius 3 is 2.95 bits per heavy atom. The number of benzene rings is 1. The van der Waals surface area contributed by atoms with Gasteiger partial charge in [0.15, 0.2) is 0 Å². The maximum atomic E-state index is 12.4. The van der Waals surface area contributed by atoms with Crippen LogP contribution in [0.25, 0.3) is 0 Å². The lowest BCUT2D eigenvalue weighted by molar-refractivity contribution is 0.0929. The van der Waals surface area contributed by atoms with E-state index in [1.54, 1.807) is 12.1 Å². The van der Waals surface area contributed by atoms with Gasteiger partial charge in [0.2, 0.25) is 0 Å². The fraction of sp³-hybridized carbons (Fsp3) is 0.400. The average molecular weight is 278 g/mol. The monoisotopic (exact) mass is 278 g/mol. The Morgan fingerprint density at radius 1 is 1.55 bits per heavy atom. The summed E-state index contributed by atoms with van der Waals surface area (Å²) in [6.45, 7) is 4.93. The molecule has 0 atom stereocenters. The zero-order valence-electron chi connectivity index (χ0n) is 11.7. The van der Waals surface area contributed by atoms with E-state index in [0.717, 1.165) is 5.56 Å². The molecule has 1 aromatic carbocycles. The fourth-order valence-corrected chi connectivity index (χ4v) is 2.17. The van der Waals surface area contributed by atoms with E-state index in [2.05, 4.69) is 19.2 Å². The van der Waals surface area contributed by atoms with Crippen molar-refractivity contribution in [2.45, 2.75) is 19.3 Å². The number of nitrogens with one attached hydrogen (secondary N) is 1. The maximum Gasteiger partial charge on any atom is 0.251 e. The van der Waals surface area contributed by atoms with Crippen LogP contribution in [0.3, 0.4) is 0 Å². The molecule has 5 heteroatoms. The number of hydrogen-bond donors (Lipinski definition) is 2. The quantitative estimate of drug-likeness (QED) is 0.884. The summed E-state index contributed by atoms with van der Waals surface area (Å²) in [5.74, 6) is 0.538. The molecule has 1 aromatic rings. The number of rotatable bonds is 4. The number of ether oxygens (including phenoxy) is 1. The van der Waals surface area contributed by atoms with Gasteiger partial charge in [-0.15, -0.1) is 0 Å². The molecule has 0 bridgehead atoms. The molecular weight excluding hydrogens is 259 g/mol. The standard InChI is InChI=1S/C15H19FN2O2/c1-15(2)9-18-14(19)12-4-3-11(5-13(12)15)20-8-10(6-16)7-17/h3-6H,7-9,17H2,1-2H3,(H,18,19). The molecule has 0 saturated heterocycles. The van der Waals surface area contributed by atoms with Crippen molar-refractivity contribution in [2.75, 3.05) is 19.7 Å². The second-order valence-corrected chi connectivity index (χ2v) is 5.53. The van der Waals surface area contributed by atoms with Crippen LogP contribution in [0.15, 0.2) is 30.1 Å². The first kappa shape index (κ1) is 14.5. The molecular formula is C15H19FN2O2. The molecule has 0 spiro atoms. The summed E-state index contributed by atoms with van der Waals surface area (Å²) in [5, 5.41) is 2.86. The normalized spacial score (nSPS) is 17.4. The Morgan fingerprint density at radius 2 is 2.30 bits per heavy atom. The van der Waals surface area contributed by atoms with Crippen LogP contribution in [0, 0.1) is 0 Å². The van der Waals surface area contributed by atoms with Gasteiger partial charge in [0.1, 0.15) is 12.4 Å². The van der Waals surface area contributed by atoms with Crippen molar-refractivity contribution in [2.24, 2.45) is 5.73 Å². The van der Waals surface area contributed by atoms with Gasteiger partial charge in [-0.05, 0) is 23.8 Å². The lowest BCUT2D eigenvalue weighted by atomic mass is 9.79. The van der Waals surface area contributed by atoms with E-state index in [9.17, 15) is 9.18 Å². The lowest BCUT2D eigenvalue weighted by Gasteiger charge is -2.32. The third-order valence-electron chi connectivity index (χ3n) is 3.50. The first-order chi connectivity index (χ1) is 9.47. The van der Waals surface area contributed by atoms with Crippen molar-refractivity contribution < 1.29 is 13.9 Å². The van der Waals surface area contributed by atoms with Crippen LogP contribution in [0.2, 0.25) is 0 Å². The molecule has 0 unspecified atom stereocenters. The van der Waals surface area contributed by atoms with Gasteiger partial charge in [-0.2, -0.15) is 0 Å². The summed E-state index contributed by atoms with van der Waals surface area (Å²) in [6.07, 6.45) is 0.468. The number of nitrogens with two attached hydrogens (primary N) is 1. The van der Waals surface area contributed by atoms with Gasteiger partial charge >= 0.3 is 0 Å². The summed E-state index contributed by atoms with van der Waals surface area (Å²) in [4.78, 5) is 11.8. The Balaban J connectivity index is 2.24. The summed E-state index contributed by atoms with van der Waals surface area (Å²) < 4.78 is 18.0. The molecule has 4 nitrogen and oxygen atoms in total. The summed E-state index contributed by atoms with van der Waals surface area (Å²) in [6, 6.07) is 5.30. The molecule has 1 aliphatic rings. The van der Waals surface area contributed by atoms with E-state index in [1.807, 2.05) is 6.07 Å². The van der Waals surface area contributed by atoms with E-state index >= 15 is 0 Å². The van der Waals surface area contributed by atoms with Gasteiger partial charge in [0, 0.05) is 29.6 Å². The van der Waals surface area contributed by atoms with E-state index in [-0.39, 0.29) is 24.5 Å². The lowest BCUT2D eigenvalue weighted by Crippen LogP contribution is -2.43. The Hall–Kier alpha value is -1.88. The molecule has 0 aromatic heterocycles. The van der Waals surface area contributed by atoms with Gasteiger partial charge in [-0.1, -0.05) is 13.8 Å². The van der Waals surface area contributed by atoms with Crippen LogP contribution in [0.1, 0.15) is 29.8 Å². The van der Waals surface area contributed by atoms with E-state index < -0.39 is 0 Å². The molecule has 3 N–H and O–H groups in total. The van der Waals surface area contributed by atoms with Gasteiger partial charge < -0.3 is 15.8 Å². The van der Waals surface area contributed by atoms with Crippen molar-refractivity contribution in [3.63, 3.8) is 0 Å². The molecule has 20 heavy (non-hydrogen) atoms. The zero-order valence-corrected chi connectivity index (χ0v) is 11.7. The average Bonchev–Trinajstić information content (AvgIpc) is 2.44. The van der Waals surface area contributed by atoms with Gasteiger partial charge in [-0.25, -0.2) is 4.39 Å². The second kappa shape index (κ2) is 5.63. The number of carbonyl (C=O) groups is 1. The van der Waals surface area contributed by atoms with Gasteiger partial charge in [-0.3, -0.25) is 4.79 Å². The van der Waals surface area contributed by atoms with Crippen LogP contribution in [0.4, 0.5) is 4.39 Å². The van der Waals surface area contributed by atoms with Crippen LogP contribution in [-0.2, 0) is 5.41 Å². The molecule has 0 fully saturated rings. The van der Waals surface area contributed by atoms with Crippen molar-refractivity contribution in [3.8, 4) is 5.75 Å². The Bertz CT molecular complexity index is 553. The number of halogens is 1. The Kier molecular flexibility index (Phi) is 4.09. The molecule has 0 saturated carbocycles. The highest BCUT2D eigenvalue weighted by Gasteiger charge is 2.31. The minimum atomic E-state index is -0.158. The van der Waals surface area contributed by atoms with Crippen LogP contribution in [0.5, 0.6) is 5.75 Å². The predicted octanol–water partition coefficient (Wildman–Crippen LogP) is 1.90. The molecule has 1 heterocycles. The minimum Gasteiger partial charge on any atom is -0.489 e. The van der Waals surface area contributed by atoms with Crippen LogP contribution >= 0.6 is 0 Å². The number of carbonyl (C=O) groups excluding carboxylic acids is 1. The number of fused-ring (bicyclic) bond motifs is 1. The number of hydrogen-bond acceptors (Lipinski definition) is 3. The molecule has 0 radical (unpaired) electrons. The Labute approximate surface area is 117 Å². The van der Waals surface area contributed by atoms with Gasteiger partial charge in [0.05, 0.1) is 6.33 Å². The SMILES string of the molecule is CC1(C)CNC(=O)c2ccc(OCC(=CF)CN)cc21. The second-order valence-electron chi connectivity index (χ2n) is 5.53. The van der Waals surface area contributed by atoms with Gasteiger partial charge in [0.25, 0.3) is 5.91 Å². The summed E-state index contributed by atoms with van der Waals surface area (Å²) >= 11 is 0. The molecule has 1 aliphatic heterocycles. The first-order valence-corrected chi connectivity index (χ1v) is 6.51. The van der Waals surface area contributed by atoms with Crippen molar-refractivity contribution in [3.05, 3.63) is 41.2 Å².